The second-order valence-corrected chi connectivity index (χ2v) is 8.20. The third-order valence-electron chi connectivity index (χ3n) is 4.22. The quantitative estimate of drug-likeness (QED) is 0.554. The van der Waals surface area contributed by atoms with E-state index in [1.54, 1.807) is 11.3 Å². The summed E-state index contributed by atoms with van der Waals surface area (Å²) in [5, 5.41) is 4.90. The number of hydrogen-bond acceptors (Lipinski definition) is 5. The number of fused-ring (bicyclic) bond motifs is 1. The molecule has 0 saturated carbocycles. The molecule has 7 heteroatoms. The summed E-state index contributed by atoms with van der Waals surface area (Å²) in [6, 6.07) is 15.6. The molecule has 1 aromatic carbocycles. The first-order valence-corrected chi connectivity index (χ1v) is 10.2. The Morgan fingerprint density at radius 1 is 1.22 bits per heavy atom. The van der Waals surface area contributed by atoms with E-state index in [4.69, 9.17) is 0 Å². The molecule has 4 rings (SSSR count). The molecule has 4 aromatic rings. The molecule has 3 heterocycles. The van der Waals surface area contributed by atoms with E-state index in [9.17, 15) is 9.59 Å². The molecule has 0 fully saturated rings. The maximum Gasteiger partial charge on any atom is 0.271 e. The van der Waals surface area contributed by atoms with E-state index in [2.05, 4.69) is 10.3 Å². The summed E-state index contributed by atoms with van der Waals surface area (Å²) in [5.74, 6) is -0.209. The summed E-state index contributed by atoms with van der Waals surface area (Å²) < 4.78 is 1.93. The second-order valence-electron chi connectivity index (χ2n) is 6.17. The maximum atomic E-state index is 12.8. The average Bonchev–Trinajstić information content (AvgIpc) is 3.35. The molecule has 0 aliphatic heterocycles. The second kappa shape index (κ2) is 7.46. The highest BCUT2D eigenvalue weighted by atomic mass is 32.1. The molecule has 5 nitrogen and oxygen atoms in total. The molecule has 0 unspecified atom stereocenters. The topological polar surface area (TPSA) is 64.0 Å². The van der Waals surface area contributed by atoms with Gasteiger partial charge in [0.1, 0.15) is 11.2 Å². The van der Waals surface area contributed by atoms with Crippen LogP contribution in [0.25, 0.3) is 20.7 Å². The Morgan fingerprint density at radius 3 is 2.78 bits per heavy atom. The lowest BCUT2D eigenvalue weighted by atomic mass is 10.2. The lowest BCUT2D eigenvalue weighted by Crippen LogP contribution is -2.33. The number of nitrogens with one attached hydrogen (secondary N) is 1. The number of thiophene rings is 2. The van der Waals surface area contributed by atoms with Crippen molar-refractivity contribution < 1.29 is 4.79 Å². The molecule has 136 valence electrons. The number of benzene rings is 1. The molecule has 0 spiro atoms. The van der Waals surface area contributed by atoms with E-state index in [-0.39, 0.29) is 24.1 Å². The Hall–Kier alpha value is -2.77. The van der Waals surface area contributed by atoms with Gasteiger partial charge in [0.2, 0.25) is 5.91 Å². The smallest absolute Gasteiger partial charge is 0.271 e. The standard InChI is InChI=1S/C20H17N3O2S2/c1-13(16-8-5-9-26-16)22-18(24)11-23-12-21-15-10-17(27-19(15)20(23)25)14-6-3-2-4-7-14/h2-10,12-13H,11H2,1H3,(H,22,24)/t13-/m0/s1. The minimum absolute atomic E-state index is 0.0456. The van der Waals surface area contributed by atoms with Gasteiger partial charge in [-0.25, -0.2) is 4.98 Å². The van der Waals surface area contributed by atoms with E-state index in [0.29, 0.717) is 10.2 Å². The molecule has 0 bridgehead atoms. The monoisotopic (exact) mass is 395 g/mol. The van der Waals surface area contributed by atoms with Gasteiger partial charge in [0.25, 0.3) is 5.56 Å². The van der Waals surface area contributed by atoms with Crippen LogP contribution in [-0.2, 0) is 11.3 Å². The van der Waals surface area contributed by atoms with E-state index >= 15 is 0 Å². The SMILES string of the molecule is C[C@H](NC(=O)Cn1cnc2cc(-c3ccccc3)sc2c1=O)c1cccs1. The Balaban J connectivity index is 1.56. The van der Waals surface area contributed by atoms with Gasteiger partial charge >= 0.3 is 0 Å². The van der Waals surface area contributed by atoms with Crippen LogP contribution in [0.15, 0.2) is 65.0 Å². The molecule has 27 heavy (non-hydrogen) atoms. The van der Waals surface area contributed by atoms with Crippen molar-refractivity contribution in [1.82, 2.24) is 14.9 Å². The van der Waals surface area contributed by atoms with Gasteiger partial charge in [-0.2, -0.15) is 0 Å². The van der Waals surface area contributed by atoms with Crippen molar-refractivity contribution in [3.63, 3.8) is 0 Å². The highest BCUT2D eigenvalue weighted by molar-refractivity contribution is 7.22. The Labute approximate surface area is 163 Å². The van der Waals surface area contributed by atoms with Gasteiger partial charge in [-0.1, -0.05) is 36.4 Å². The van der Waals surface area contributed by atoms with Crippen LogP contribution in [-0.4, -0.2) is 15.5 Å². The Bertz CT molecular complexity index is 1130. The zero-order chi connectivity index (χ0) is 18.8. The number of hydrogen-bond donors (Lipinski definition) is 1. The minimum Gasteiger partial charge on any atom is -0.347 e. The first-order chi connectivity index (χ1) is 13.1. The maximum absolute atomic E-state index is 12.8. The van der Waals surface area contributed by atoms with Crippen molar-refractivity contribution >= 4 is 38.8 Å². The zero-order valence-corrected chi connectivity index (χ0v) is 16.2. The van der Waals surface area contributed by atoms with E-state index in [1.807, 2.05) is 60.8 Å². The predicted molar refractivity (Wildman–Crippen MR) is 110 cm³/mol. The number of nitrogens with zero attached hydrogens (tertiary/aromatic N) is 2. The third-order valence-corrected chi connectivity index (χ3v) is 6.44. The molecule has 1 amide bonds. The van der Waals surface area contributed by atoms with Crippen molar-refractivity contribution in [3.05, 3.63) is 75.5 Å². The summed E-state index contributed by atoms with van der Waals surface area (Å²) in [6.45, 7) is 1.88. The van der Waals surface area contributed by atoms with Gasteiger partial charge in [-0.3, -0.25) is 14.2 Å². The molecular weight excluding hydrogens is 378 g/mol. The number of carbonyl (C=O) groups is 1. The molecule has 0 radical (unpaired) electrons. The molecule has 3 aromatic heterocycles. The van der Waals surface area contributed by atoms with Gasteiger partial charge in [-0.05, 0) is 30.0 Å². The number of aromatic nitrogens is 2. The van der Waals surface area contributed by atoms with Gasteiger partial charge in [0, 0.05) is 9.75 Å². The first kappa shape index (κ1) is 17.6. The highest BCUT2D eigenvalue weighted by Gasteiger charge is 2.14. The van der Waals surface area contributed by atoms with Crippen LogP contribution in [0.3, 0.4) is 0 Å². The van der Waals surface area contributed by atoms with Crippen LogP contribution >= 0.6 is 22.7 Å². The van der Waals surface area contributed by atoms with Gasteiger partial charge in [0.05, 0.1) is 17.9 Å². The van der Waals surface area contributed by atoms with Crippen molar-refractivity contribution in [3.8, 4) is 10.4 Å². The summed E-state index contributed by atoms with van der Waals surface area (Å²) in [7, 11) is 0. The molecule has 1 N–H and O–H groups in total. The Morgan fingerprint density at radius 2 is 2.04 bits per heavy atom. The van der Waals surface area contributed by atoms with Crippen molar-refractivity contribution in [1.29, 1.82) is 0 Å². The fourth-order valence-electron chi connectivity index (χ4n) is 2.85. The van der Waals surface area contributed by atoms with E-state index in [0.717, 1.165) is 15.3 Å². The van der Waals surface area contributed by atoms with E-state index < -0.39 is 0 Å². The minimum atomic E-state index is -0.209. The molecule has 1 atom stereocenters. The van der Waals surface area contributed by atoms with Crippen molar-refractivity contribution in [2.75, 3.05) is 0 Å². The number of amides is 1. The van der Waals surface area contributed by atoms with Crippen LogP contribution in [0.5, 0.6) is 0 Å². The van der Waals surface area contributed by atoms with Crippen LogP contribution in [0.4, 0.5) is 0 Å². The van der Waals surface area contributed by atoms with Gasteiger partial charge < -0.3 is 5.32 Å². The van der Waals surface area contributed by atoms with Crippen LogP contribution in [0.2, 0.25) is 0 Å². The Kier molecular flexibility index (Phi) is 4.87. The van der Waals surface area contributed by atoms with Crippen molar-refractivity contribution in [2.24, 2.45) is 0 Å². The molecule has 0 saturated heterocycles. The highest BCUT2D eigenvalue weighted by Crippen LogP contribution is 2.30. The lowest BCUT2D eigenvalue weighted by Gasteiger charge is -2.12. The van der Waals surface area contributed by atoms with Crippen LogP contribution in [0.1, 0.15) is 17.8 Å². The predicted octanol–water partition coefficient (Wildman–Crippen LogP) is 4.06. The lowest BCUT2D eigenvalue weighted by molar-refractivity contribution is -0.122. The first-order valence-electron chi connectivity index (χ1n) is 8.49. The summed E-state index contributed by atoms with van der Waals surface area (Å²) >= 11 is 3.00. The molecule has 0 aliphatic rings. The number of rotatable bonds is 5. The third kappa shape index (κ3) is 3.70. The van der Waals surface area contributed by atoms with Crippen LogP contribution < -0.4 is 10.9 Å². The van der Waals surface area contributed by atoms with Gasteiger partial charge in [0.15, 0.2) is 0 Å². The van der Waals surface area contributed by atoms with Gasteiger partial charge in [-0.15, -0.1) is 22.7 Å². The molecular formula is C20H17N3O2S2. The fourth-order valence-corrected chi connectivity index (χ4v) is 4.65. The largest absolute Gasteiger partial charge is 0.347 e. The summed E-state index contributed by atoms with van der Waals surface area (Å²) in [4.78, 5) is 31.6. The normalized spacial score (nSPS) is 12.2. The fraction of sp³-hybridized carbons (Fsp3) is 0.150. The zero-order valence-electron chi connectivity index (χ0n) is 14.6. The molecule has 0 aliphatic carbocycles. The summed E-state index contributed by atoms with van der Waals surface area (Å²) in [6.07, 6.45) is 1.45. The number of carbonyl (C=O) groups excluding carboxylic acids is 1. The van der Waals surface area contributed by atoms with E-state index in [1.165, 1.54) is 22.2 Å². The summed E-state index contributed by atoms with van der Waals surface area (Å²) in [5.41, 5.74) is 1.52. The van der Waals surface area contributed by atoms with Crippen LogP contribution in [0, 0.1) is 0 Å². The average molecular weight is 396 g/mol. The van der Waals surface area contributed by atoms with Crippen molar-refractivity contribution in [2.45, 2.75) is 19.5 Å².